The number of hydrogen-bond donors (Lipinski definition) is 1. The maximum atomic E-state index is 5.34. The molecule has 0 amide bonds. The van der Waals surface area contributed by atoms with Gasteiger partial charge in [-0.3, -0.25) is 5.43 Å². The molecule has 0 saturated carbocycles. The van der Waals surface area contributed by atoms with E-state index in [0.717, 1.165) is 37.7 Å². The SMILES string of the molecule is C(=NNc1cc(N2CCOCC2)ncn1)c1ccccc1. The van der Waals surface area contributed by atoms with Crippen molar-refractivity contribution >= 4 is 17.9 Å². The first-order valence-electron chi connectivity index (χ1n) is 6.91. The largest absolute Gasteiger partial charge is 0.378 e. The Bertz CT molecular complexity index is 596. The van der Waals surface area contributed by atoms with Gasteiger partial charge < -0.3 is 9.64 Å². The summed E-state index contributed by atoms with van der Waals surface area (Å²) in [6.45, 7) is 3.17. The normalized spacial score (nSPS) is 15.3. The van der Waals surface area contributed by atoms with Gasteiger partial charge in [0.2, 0.25) is 0 Å². The Kier molecular flexibility index (Phi) is 4.38. The molecule has 108 valence electrons. The fourth-order valence-corrected chi connectivity index (χ4v) is 2.09. The van der Waals surface area contributed by atoms with Crippen LogP contribution in [0.1, 0.15) is 5.56 Å². The van der Waals surface area contributed by atoms with E-state index in [1.807, 2.05) is 36.4 Å². The minimum Gasteiger partial charge on any atom is -0.378 e. The summed E-state index contributed by atoms with van der Waals surface area (Å²) >= 11 is 0. The number of rotatable bonds is 4. The fourth-order valence-electron chi connectivity index (χ4n) is 2.09. The molecule has 1 aromatic carbocycles. The summed E-state index contributed by atoms with van der Waals surface area (Å²) in [5.41, 5.74) is 3.97. The van der Waals surface area contributed by atoms with E-state index in [9.17, 15) is 0 Å². The van der Waals surface area contributed by atoms with E-state index >= 15 is 0 Å². The zero-order valence-corrected chi connectivity index (χ0v) is 11.6. The van der Waals surface area contributed by atoms with Crippen LogP contribution in [-0.2, 0) is 4.74 Å². The van der Waals surface area contributed by atoms with Crippen molar-refractivity contribution in [3.8, 4) is 0 Å². The van der Waals surface area contributed by atoms with Crippen LogP contribution >= 0.6 is 0 Å². The van der Waals surface area contributed by atoms with Crippen LogP contribution in [0, 0.1) is 0 Å². The highest BCUT2D eigenvalue weighted by Crippen LogP contribution is 2.15. The van der Waals surface area contributed by atoms with E-state index in [0.29, 0.717) is 5.82 Å². The van der Waals surface area contributed by atoms with Crippen molar-refractivity contribution in [2.75, 3.05) is 36.6 Å². The lowest BCUT2D eigenvalue weighted by Gasteiger charge is -2.27. The zero-order chi connectivity index (χ0) is 14.3. The number of nitrogens with one attached hydrogen (secondary N) is 1. The summed E-state index contributed by atoms with van der Waals surface area (Å²) in [4.78, 5) is 10.6. The molecule has 1 aliphatic rings. The first kappa shape index (κ1) is 13.5. The molecule has 1 saturated heterocycles. The second-order valence-electron chi connectivity index (χ2n) is 4.64. The van der Waals surface area contributed by atoms with Crippen molar-refractivity contribution in [3.05, 3.63) is 48.3 Å². The third kappa shape index (κ3) is 3.76. The van der Waals surface area contributed by atoms with Crippen molar-refractivity contribution in [2.45, 2.75) is 0 Å². The number of nitrogens with zero attached hydrogens (tertiary/aromatic N) is 4. The third-order valence-electron chi connectivity index (χ3n) is 3.18. The van der Waals surface area contributed by atoms with Crippen LogP contribution in [0.3, 0.4) is 0 Å². The number of hydrogen-bond acceptors (Lipinski definition) is 6. The van der Waals surface area contributed by atoms with E-state index in [2.05, 4.69) is 25.4 Å². The Morgan fingerprint density at radius 3 is 2.76 bits per heavy atom. The van der Waals surface area contributed by atoms with Gasteiger partial charge in [0.05, 0.1) is 19.4 Å². The lowest BCUT2D eigenvalue weighted by Crippen LogP contribution is -2.36. The Morgan fingerprint density at radius 1 is 1.14 bits per heavy atom. The van der Waals surface area contributed by atoms with E-state index in [1.54, 1.807) is 12.5 Å². The first-order chi connectivity index (χ1) is 10.4. The maximum Gasteiger partial charge on any atom is 0.151 e. The van der Waals surface area contributed by atoms with Crippen LogP contribution in [0.15, 0.2) is 47.8 Å². The van der Waals surface area contributed by atoms with Crippen molar-refractivity contribution in [3.63, 3.8) is 0 Å². The third-order valence-corrected chi connectivity index (χ3v) is 3.18. The lowest BCUT2D eigenvalue weighted by molar-refractivity contribution is 0.122. The summed E-state index contributed by atoms with van der Waals surface area (Å²) < 4.78 is 5.34. The average molecular weight is 283 g/mol. The van der Waals surface area contributed by atoms with E-state index < -0.39 is 0 Å². The highest BCUT2D eigenvalue weighted by atomic mass is 16.5. The molecule has 1 aromatic heterocycles. The van der Waals surface area contributed by atoms with Gasteiger partial charge in [-0.25, -0.2) is 9.97 Å². The van der Waals surface area contributed by atoms with Crippen LogP contribution in [0.5, 0.6) is 0 Å². The topological polar surface area (TPSA) is 62.6 Å². The molecule has 0 bridgehead atoms. The van der Waals surface area contributed by atoms with Crippen LogP contribution in [-0.4, -0.2) is 42.5 Å². The molecule has 6 nitrogen and oxygen atoms in total. The van der Waals surface area contributed by atoms with E-state index in [4.69, 9.17) is 4.74 Å². The molecule has 0 aliphatic carbocycles. The van der Waals surface area contributed by atoms with Crippen LogP contribution in [0.4, 0.5) is 11.6 Å². The highest BCUT2D eigenvalue weighted by Gasteiger charge is 2.12. The second kappa shape index (κ2) is 6.81. The average Bonchev–Trinajstić information content (AvgIpc) is 2.57. The molecule has 2 heterocycles. The molecule has 0 atom stereocenters. The van der Waals surface area contributed by atoms with Crippen LogP contribution < -0.4 is 10.3 Å². The van der Waals surface area contributed by atoms with Crippen molar-refractivity contribution in [1.29, 1.82) is 0 Å². The Morgan fingerprint density at radius 2 is 1.95 bits per heavy atom. The second-order valence-corrected chi connectivity index (χ2v) is 4.64. The van der Waals surface area contributed by atoms with Gasteiger partial charge in [0.25, 0.3) is 0 Å². The monoisotopic (exact) mass is 283 g/mol. The van der Waals surface area contributed by atoms with Gasteiger partial charge in [-0.2, -0.15) is 5.10 Å². The first-order valence-corrected chi connectivity index (χ1v) is 6.91. The summed E-state index contributed by atoms with van der Waals surface area (Å²) in [7, 11) is 0. The molecule has 1 aliphatic heterocycles. The number of ether oxygens (including phenoxy) is 1. The van der Waals surface area contributed by atoms with Crippen molar-refractivity contribution in [1.82, 2.24) is 9.97 Å². The molecular weight excluding hydrogens is 266 g/mol. The molecule has 2 aromatic rings. The Hall–Kier alpha value is -2.47. The number of morpholine rings is 1. The highest BCUT2D eigenvalue weighted by molar-refractivity contribution is 5.79. The van der Waals surface area contributed by atoms with Crippen molar-refractivity contribution in [2.24, 2.45) is 5.10 Å². The summed E-state index contributed by atoms with van der Waals surface area (Å²) in [5, 5.41) is 4.19. The van der Waals surface area contributed by atoms with E-state index in [1.165, 1.54) is 0 Å². The molecule has 0 spiro atoms. The predicted octanol–water partition coefficient (Wildman–Crippen LogP) is 1.76. The summed E-state index contributed by atoms with van der Waals surface area (Å²) in [6, 6.07) is 11.8. The van der Waals surface area contributed by atoms with Crippen LogP contribution in [0.2, 0.25) is 0 Å². The fraction of sp³-hybridized carbons (Fsp3) is 0.267. The Balaban J connectivity index is 1.64. The van der Waals surface area contributed by atoms with Gasteiger partial charge in [-0.15, -0.1) is 0 Å². The van der Waals surface area contributed by atoms with Gasteiger partial charge in [-0.1, -0.05) is 30.3 Å². The minimum atomic E-state index is 0.679. The smallest absolute Gasteiger partial charge is 0.151 e. The van der Waals surface area contributed by atoms with Crippen molar-refractivity contribution < 1.29 is 4.74 Å². The predicted molar refractivity (Wildman–Crippen MR) is 82.7 cm³/mol. The number of aromatic nitrogens is 2. The Labute approximate surface area is 123 Å². The molecular formula is C15H17N5O. The van der Waals surface area contributed by atoms with Gasteiger partial charge in [0.1, 0.15) is 12.1 Å². The molecule has 0 unspecified atom stereocenters. The van der Waals surface area contributed by atoms with Gasteiger partial charge in [0.15, 0.2) is 5.82 Å². The molecule has 3 rings (SSSR count). The lowest BCUT2D eigenvalue weighted by atomic mass is 10.2. The standard InChI is InChI=1S/C15H17N5O/c1-2-4-13(5-3-1)11-18-19-14-10-15(17-12-16-14)20-6-8-21-9-7-20/h1-5,10-12H,6-9H2,(H,16,17,19). The minimum absolute atomic E-state index is 0.679. The summed E-state index contributed by atoms with van der Waals surface area (Å²) in [5.74, 6) is 1.57. The van der Waals surface area contributed by atoms with E-state index in [-0.39, 0.29) is 0 Å². The zero-order valence-electron chi connectivity index (χ0n) is 11.6. The number of hydrazone groups is 1. The molecule has 6 heteroatoms. The number of anilines is 2. The van der Waals surface area contributed by atoms with Crippen LogP contribution in [0.25, 0.3) is 0 Å². The van der Waals surface area contributed by atoms with Gasteiger partial charge >= 0.3 is 0 Å². The van der Waals surface area contributed by atoms with Gasteiger partial charge in [0, 0.05) is 19.2 Å². The maximum absolute atomic E-state index is 5.34. The molecule has 1 N–H and O–H groups in total. The quantitative estimate of drug-likeness (QED) is 0.684. The molecule has 1 fully saturated rings. The number of benzene rings is 1. The summed E-state index contributed by atoms with van der Waals surface area (Å²) in [6.07, 6.45) is 3.31. The molecule has 0 radical (unpaired) electrons. The molecule has 21 heavy (non-hydrogen) atoms. The van der Waals surface area contributed by atoms with Gasteiger partial charge in [-0.05, 0) is 5.56 Å².